The van der Waals surface area contributed by atoms with Gasteiger partial charge in [0.25, 0.3) is 5.91 Å². The molecule has 1 amide bonds. The van der Waals surface area contributed by atoms with Gasteiger partial charge in [-0.25, -0.2) is 9.97 Å². The van der Waals surface area contributed by atoms with Gasteiger partial charge in [0.05, 0.1) is 17.2 Å². The fraction of sp³-hybridized carbons (Fsp3) is 0.250. The minimum absolute atomic E-state index is 0.224. The number of hydrogen-bond donors (Lipinski definition) is 2. The van der Waals surface area contributed by atoms with Crippen LogP contribution in [0.4, 0.5) is 5.82 Å². The number of aryl methyl sites for hydroxylation is 1. The third-order valence-corrected chi connectivity index (χ3v) is 5.13. The van der Waals surface area contributed by atoms with Gasteiger partial charge in [0, 0.05) is 6.54 Å². The quantitative estimate of drug-likeness (QED) is 0.348. The highest BCUT2D eigenvalue weighted by atomic mass is 16.1. The second-order valence-electron chi connectivity index (χ2n) is 7.58. The zero-order valence-electron chi connectivity index (χ0n) is 17.8. The number of carbonyl (C=O) groups is 1. The number of fused-ring (bicyclic) bond motifs is 2. The van der Waals surface area contributed by atoms with Gasteiger partial charge in [-0.2, -0.15) is 9.78 Å². The van der Waals surface area contributed by atoms with Gasteiger partial charge in [-0.1, -0.05) is 61.7 Å². The molecule has 31 heavy (non-hydrogen) atoms. The van der Waals surface area contributed by atoms with Crippen LogP contribution < -0.4 is 11.1 Å². The Kier molecular flexibility index (Phi) is 5.93. The van der Waals surface area contributed by atoms with Crippen molar-refractivity contribution in [2.75, 3.05) is 12.3 Å². The van der Waals surface area contributed by atoms with Crippen LogP contribution >= 0.6 is 0 Å². The van der Waals surface area contributed by atoms with E-state index in [-0.39, 0.29) is 11.7 Å². The number of nitrogens with two attached hydrogens (primary N) is 1. The summed E-state index contributed by atoms with van der Waals surface area (Å²) in [6.45, 7) is 4.74. The molecule has 0 bridgehead atoms. The first kappa shape index (κ1) is 20.5. The molecule has 3 N–H and O–H groups in total. The van der Waals surface area contributed by atoms with Crippen LogP contribution in [0.15, 0.2) is 53.6 Å². The molecule has 0 saturated carbocycles. The predicted octanol–water partition coefficient (Wildman–Crippen LogP) is 4.28. The number of nitrogens with one attached hydrogen (secondary N) is 1. The maximum absolute atomic E-state index is 13.0. The van der Waals surface area contributed by atoms with Gasteiger partial charge in [-0.3, -0.25) is 4.79 Å². The van der Waals surface area contributed by atoms with E-state index < -0.39 is 0 Å². The first-order chi connectivity index (χ1) is 15.1. The van der Waals surface area contributed by atoms with Crippen LogP contribution in [0, 0.1) is 6.92 Å². The molecule has 4 aromatic rings. The SMILES string of the molecule is CCCCCNC(=O)c1c(N)n(/N=C\c2cccc(C)c2)c2nc3ccccc3nc12. The molecule has 0 saturated heterocycles. The summed E-state index contributed by atoms with van der Waals surface area (Å²) in [5, 5.41) is 7.51. The first-order valence-electron chi connectivity index (χ1n) is 10.5. The fourth-order valence-electron chi connectivity index (χ4n) is 3.53. The van der Waals surface area contributed by atoms with Gasteiger partial charge in [0.1, 0.15) is 16.9 Å². The van der Waals surface area contributed by atoms with E-state index in [2.05, 4.69) is 17.3 Å². The van der Waals surface area contributed by atoms with Crippen molar-refractivity contribution in [2.45, 2.75) is 33.1 Å². The number of hydrogen-bond acceptors (Lipinski definition) is 5. The number of nitrogen functional groups attached to an aromatic ring is 1. The molecule has 0 fully saturated rings. The van der Waals surface area contributed by atoms with E-state index in [4.69, 9.17) is 15.7 Å². The molecule has 0 aliphatic rings. The molecule has 7 nitrogen and oxygen atoms in total. The van der Waals surface area contributed by atoms with E-state index in [1.54, 1.807) is 6.21 Å². The highest BCUT2D eigenvalue weighted by Gasteiger charge is 2.23. The van der Waals surface area contributed by atoms with Crippen LogP contribution in [0.1, 0.15) is 47.7 Å². The monoisotopic (exact) mass is 414 g/mol. The molecule has 2 aromatic heterocycles. The molecular formula is C24H26N6O. The third-order valence-electron chi connectivity index (χ3n) is 5.13. The number of amides is 1. The summed E-state index contributed by atoms with van der Waals surface area (Å²) in [4.78, 5) is 22.4. The molecule has 0 radical (unpaired) electrons. The summed E-state index contributed by atoms with van der Waals surface area (Å²) < 4.78 is 1.50. The molecule has 0 aliphatic heterocycles. The van der Waals surface area contributed by atoms with Crippen molar-refractivity contribution in [3.63, 3.8) is 0 Å². The van der Waals surface area contributed by atoms with E-state index in [0.717, 1.165) is 35.9 Å². The van der Waals surface area contributed by atoms with Crippen LogP contribution in [-0.4, -0.2) is 33.3 Å². The smallest absolute Gasteiger partial charge is 0.257 e. The lowest BCUT2D eigenvalue weighted by atomic mass is 10.2. The zero-order valence-corrected chi connectivity index (χ0v) is 17.8. The van der Waals surface area contributed by atoms with Gasteiger partial charge >= 0.3 is 0 Å². The number of anilines is 1. The predicted molar refractivity (Wildman–Crippen MR) is 125 cm³/mol. The van der Waals surface area contributed by atoms with Crippen molar-refractivity contribution < 1.29 is 4.79 Å². The third kappa shape index (κ3) is 4.26. The fourth-order valence-corrected chi connectivity index (χ4v) is 3.53. The maximum Gasteiger partial charge on any atom is 0.257 e. The number of rotatable bonds is 7. The lowest BCUT2D eigenvalue weighted by molar-refractivity contribution is 0.0955. The number of para-hydroxylation sites is 2. The molecule has 4 rings (SSSR count). The zero-order chi connectivity index (χ0) is 21.8. The Labute approximate surface area is 181 Å². The average molecular weight is 415 g/mol. The topological polar surface area (TPSA) is 98.2 Å². The van der Waals surface area contributed by atoms with Crippen LogP contribution in [-0.2, 0) is 0 Å². The first-order valence-corrected chi connectivity index (χ1v) is 10.5. The Hall–Kier alpha value is -3.74. The van der Waals surface area contributed by atoms with Crippen LogP contribution in [0.2, 0.25) is 0 Å². The summed E-state index contributed by atoms with van der Waals surface area (Å²) in [5.41, 5.74) is 11.1. The molecule has 2 heterocycles. The highest BCUT2D eigenvalue weighted by Crippen LogP contribution is 2.27. The molecule has 158 valence electrons. The lowest BCUT2D eigenvalue weighted by Gasteiger charge is -2.05. The average Bonchev–Trinajstić information content (AvgIpc) is 3.04. The summed E-state index contributed by atoms with van der Waals surface area (Å²) in [5.74, 6) is -0.0325. The second-order valence-corrected chi connectivity index (χ2v) is 7.58. The van der Waals surface area contributed by atoms with Crippen molar-refractivity contribution >= 4 is 40.1 Å². The van der Waals surface area contributed by atoms with Crippen molar-refractivity contribution in [1.82, 2.24) is 20.0 Å². The molecular weight excluding hydrogens is 388 g/mol. The van der Waals surface area contributed by atoms with Crippen molar-refractivity contribution in [2.24, 2.45) is 5.10 Å². The normalized spacial score (nSPS) is 11.5. The highest BCUT2D eigenvalue weighted by molar-refractivity contribution is 6.10. The molecule has 0 spiro atoms. The molecule has 0 unspecified atom stereocenters. The number of carbonyl (C=O) groups excluding carboxylic acids is 1. The molecule has 7 heteroatoms. The lowest BCUT2D eigenvalue weighted by Crippen LogP contribution is -2.25. The second kappa shape index (κ2) is 8.95. The Bertz CT molecular complexity index is 1270. The van der Waals surface area contributed by atoms with Crippen LogP contribution in [0.5, 0.6) is 0 Å². The summed E-state index contributed by atoms with van der Waals surface area (Å²) in [6.07, 6.45) is 4.77. The van der Waals surface area contributed by atoms with Crippen LogP contribution in [0.25, 0.3) is 22.2 Å². The van der Waals surface area contributed by atoms with Crippen LogP contribution in [0.3, 0.4) is 0 Å². The maximum atomic E-state index is 13.0. The minimum atomic E-state index is -0.257. The molecule has 0 atom stereocenters. The van der Waals surface area contributed by atoms with E-state index in [1.807, 2.05) is 55.5 Å². The summed E-state index contributed by atoms with van der Waals surface area (Å²) >= 11 is 0. The van der Waals surface area contributed by atoms with E-state index in [1.165, 1.54) is 4.68 Å². The Morgan fingerprint density at radius 3 is 2.65 bits per heavy atom. The van der Waals surface area contributed by atoms with Gasteiger partial charge in [0.15, 0.2) is 5.65 Å². The Morgan fingerprint density at radius 1 is 1.13 bits per heavy atom. The van der Waals surface area contributed by atoms with Gasteiger partial charge < -0.3 is 11.1 Å². The van der Waals surface area contributed by atoms with Gasteiger partial charge in [-0.05, 0) is 31.0 Å². The van der Waals surface area contributed by atoms with Crippen molar-refractivity contribution in [3.05, 3.63) is 65.2 Å². The van der Waals surface area contributed by atoms with E-state index in [9.17, 15) is 4.79 Å². The number of nitrogens with zero attached hydrogens (tertiary/aromatic N) is 4. The largest absolute Gasteiger partial charge is 0.383 e. The summed E-state index contributed by atoms with van der Waals surface area (Å²) in [7, 11) is 0. The molecule has 0 aliphatic carbocycles. The Morgan fingerprint density at radius 2 is 1.90 bits per heavy atom. The number of benzene rings is 2. The van der Waals surface area contributed by atoms with Crippen molar-refractivity contribution in [3.8, 4) is 0 Å². The summed E-state index contributed by atoms with van der Waals surface area (Å²) in [6, 6.07) is 15.5. The van der Waals surface area contributed by atoms with Gasteiger partial charge in [0.2, 0.25) is 0 Å². The van der Waals surface area contributed by atoms with Gasteiger partial charge in [-0.15, -0.1) is 0 Å². The Balaban J connectivity index is 1.81. The standard InChI is InChI=1S/C24H26N6O/c1-3-4-7-13-26-24(31)20-21-23(29-19-12-6-5-11-18(19)28-21)30(22(20)25)27-15-17-10-8-9-16(2)14-17/h5-6,8-12,14-15H,3-4,7,13,25H2,1-2H3,(H,26,31)/b27-15-. The van der Waals surface area contributed by atoms with Crippen molar-refractivity contribution in [1.29, 1.82) is 0 Å². The van der Waals surface area contributed by atoms with E-state index >= 15 is 0 Å². The number of aromatic nitrogens is 3. The molecule has 2 aromatic carbocycles. The van der Waals surface area contributed by atoms with E-state index in [0.29, 0.717) is 28.8 Å². The minimum Gasteiger partial charge on any atom is -0.383 e. The number of unbranched alkanes of at least 4 members (excludes halogenated alkanes) is 2.